The molecule has 1 aliphatic carbocycles. The van der Waals surface area contributed by atoms with E-state index in [1.165, 1.54) is 35.3 Å². The van der Waals surface area contributed by atoms with Crippen LogP contribution < -0.4 is 5.32 Å². The van der Waals surface area contributed by atoms with Crippen molar-refractivity contribution in [2.75, 3.05) is 5.32 Å². The molecule has 1 N–H and O–H groups in total. The van der Waals surface area contributed by atoms with E-state index in [1.54, 1.807) is 6.08 Å². The van der Waals surface area contributed by atoms with E-state index >= 15 is 0 Å². The molecule has 2 aliphatic rings. The van der Waals surface area contributed by atoms with Gasteiger partial charge in [-0.2, -0.15) is 0 Å². The van der Waals surface area contributed by atoms with Crippen molar-refractivity contribution >= 4 is 29.1 Å². The van der Waals surface area contributed by atoms with Gasteiger partial charge in [-0.3, -0.25) is 4.79 Å². The molecule has 4 rings (SSSR count). The average Bonchev–Trinajstić information content (AvgIpc) is 3.09. The van der Waals surface area contributed by atoms with Crippen LogP contribution in [0.2, 0.25) is 0 Å². The van der Waals surface area contributed by atoms with Gasteiger partial charge in [0.05, 0.1) is 5.69 Å². The highest BCUT2D eigenvalue weighted by atomic mass is 16.5. The number of esters is 1. The fourth-order valence-corrected chi connectivity index (χ4v) is 3.05. The number of hydrogen-bond acceptors (Lipinski definition) is 4. The van der Waals surface area contributed by atoms with Crippen LogP contribution >= 0.6 is 0 Å². The first-order valence-corrected chi connectivity index (χ1v) is 7.61. The van der Waals surface area contributed by atoms with E-state index in [-0.39, 0.29) is 5.91 Å². The van der Waals surface area contributed by atoms with E-state index < -0.39 is 5.97 Å². The number of amides is 1. The second-order valence-corrected chi connectivity index (χ2v) is 5.78. The standard InChI is InChI=1S/C19H14N2O3/c1-11(22)20-14-2-4-16-12(9-14)8-13-10-15(3-5-17(13)16)21-18-6-7-19(23)24-18/h2-7,9-10H,8H2,1H3,(H,20,22). The lowest BCUT2D eigenvalue weighted by atomic mass is 10.1. The molecule has 1 heterocycles. The van der Waals surface area contributed by atoms with Gasteiger partial charge in [-0.25, -0.2) is 9.79 Å². The fourth-order valence-electron chi connectivity index (χ4n) is 3.05. The average molecular weight is 318 g/mol. The molecule has 2 aromatic rings. The van der Waals surface area contributed by atoms with Gasteiger partial charge in [0, 0.05) is 24.8 Å². The Bertz CT molecular complexity index is 942. The summed E-state index contributed by atoms with van der Waals surface area (Å²) in [6.07, 6.45) is 3.70. The van der Waals surface area contributed by atoms with Gasteiger partial charge in [0.15, 0.2) is 0 Å². The summed E-state index contributed by atoms with van der Waals surface area (Å²) in [6.45, 7) is 1.50. The Kier molecular flexibility index (Phi) is 3.27. The summed E-state index contributed by atoms with van der Waals surface area (Å²) < 4.78 is 4.96. The molecule has 0 unspecified atom stereocenters. The van der Waals surface area contributed by atoms with Gasteiger partial charge >= 0.3 is 5.97 Å². The van der Waals surface area contributed by atoms with Gasteiger partial charge in [0.1, 0.15) is 0 Å². The first kappa shape index (κ1) is 14.4. The number of cyclic esters (lactones) is 1. The Morgan fingerprint density at radius 2 is 1.83 bits per heavy atom. The van der Waals surface area contributed by atoms with Crippen molar-refractivity contribution in [1.29, 1.82) is 0 Å². The fraction of sp³-hybridized carbons (Fsp3) is 0.105. The first-order valence-electron chi connectivity index (χ1n) is 7.61. The van der Waals surface area contributed by atoms with Crippen LogP contribution in [0.25, 0.3) is 11.1 Å². The van der Waals surface area contributed by atoms with Crippen molar-refractivity contribution in [1.82, 2.24) is 0 Å². The van der Waals surface area contributed by atoms with Crippen LogP contribution in [0, 0.1) is 0 Å². The molecule has 1 aliphatic heterocycles. The van der Waals surface area contributed by atoms with Gasteiger partial charge in [-0.1, -0.05) is 12.1 Å². The number of fused-ring (bicyclic) bond motifs is 3. The summed E-state index contributed by atoms with van der Waals surface area (Å²) in [4.78, 5) is 26.6. The third kappa shape index (κ3) is 2.60. The number of nitrogens with one attached hydrogen (secondary N) is 1. The molecular formula is C19H14N2O3. The molecule has 0 radical (unpaired) electrons. The minimum atomic E-state index is -0.396. The maximum absolute atomic E-state index is 11.2. The van der Waals surface area contributed by atoms with E-state index in [0.29, 0.717) is 5.90 Å². The van der Waals surface area contributed by atoms with E-state index in [1.807, 2.05) is 36.4 Å². The third-order valence-corrected chi connectivity index (χ3v) is 3.99. The zero-order chi connectivity index (χ0) is 16.7. The van der Waals surface area contributed by atoms with Crippen LogP contribution in [-0.4, -0.2) is 17.8 Å². The Hall–Kier alpha value is -3.21. The molecule has 5 nitrogen and oxygen atoms in total. The summed E-state index contributed by atoms with van der Waals surface area (Å²) in [5.74, 6) is -0.168. The molecule has 0 fully saturated rings. The number of anilines is 1. The molecule has 2 aromatic carbocycles. The zero-order valence-electron chi connectivity index (χ0n) is 13.0. The quantitative estimate of drug-likeness (QED) is 0.737. The second-order valence-electron chi connectivity index (χ2n) is 5.78. The van der Waals surface area contributed by atoms with Gasteiger partial charge in [-0.15, -0.1) is 0 Å². The van der Waals surface area contributed by atoms with Gasteiger partial charge in [0.2, 0.25) is 11.8 Å². The minimum absolute atomic E-state index is 0.0808. The number of benzene rings is 2. The summed E-state index contributed by atoms with van der Waals surface area (Å²) in [6, 6.07) is 11.9. The Balaban J connectivity index is 1.64. The molecule has 0 atom stereocenters. The summed E-state index contributed by atoms with van der Waals surface area (Å²) in [5, 5.41) is 2.81. The van der Waals surface area contributed by atoms with E-state index in [9.17, 15) is 9.59 Å². The minimum Gasteiger partial charge on any atom is -0.404 e. The molecule has 1 amide bonds. The van der Waals surface area contributed by atoms with Crippen LogP contribution in [0.1, 0.15) is 18.1 Å². The van der Waals surface area contributed by atoms with Crippen LogP contribution in [0.3, 0.4) is 0 Å². The molecular weight excluding hydrogens is 304 g/mol. The molecule has 5 heteroatoms. The predicted molar refractivity (Wildman–Crippen MR) is 91.3 cm³/mol. The largest absolute Gasteiger partial charge is 0.404 e. The summed E-state index contributed by atoms with van der Waals surface area (Å²) >= 11 is 0. The van der Waals surface area contributed by atoms with E-state index in [2.05, 4.69) is 10.3 Å². The monoisotopic (exact) mass is 318 g/mol. The molecule has 0 saturated carbocycles. The number of hydrogen-bond donors (Lipinski definition) is 1. The van der Waals surface area contributed by atoms with Crippen LogP contribution in [0.5, 0.6) is 0 Å². The molecule has 0 bridgehead atoms. The third-order valence-electron chi connectivity index (χ3n) is 3.99. The highest BCUT2D eigenvalue weighted by Crippen LogP contribution is 2.39. The maximum atomic E-state index is 11.2. The maximum Gasteiger partial charge on any atom is 0.337 e. The van der Waals surface area contributed by atoms with Crippen LogP contribution in [0.4, 0.5) is 11.4 Å². The van der Waals surface area contributed by atoms with Crippen LogP contribution in [0.15, 0.2) is 53.5 Å². The SMILES string of the molecule is CC(=O)Nc1ccc2c(c1)Cc1cc(N=C3C=CC(=O)O3)ccc1-2. The van der Waals surface area contributed by atoms with Gasteiger partial charge < -0.3 is 10.1 Å². The van der Waals surface area contributed by atoms with Crippen molar-refractivity contribution < 1.29 is 14.3 Å². The van der Waals surface area contributed by atoms with Crippen molar-refractivity contribution in [3.63, 3.8) is 0 Å². The number of carbonyl (C=O) groups excluding carboxylic acids is 2. The second kappa shape index (κ2) is 5.45. The lowest BCUT2D eigenvalue weighted by Gasteiger charge is -2.05. The summed E-state index contributed by atoms with van der Waals surface area (Å²) in [7, 11) is 0. The molecule has 0 aromatic heterocycles. The first-order chi connectivity index (χ1) is 11.6. The Morgan fingerprint density at radius 1 is 1.08 bits per heavy atom. The van der Waals surface area contributed by atoms with Crippen molar-refractivity contribution in [3.8, 4) is 11.1 Å². The summed E-state index contributed by atoms with van der Waals surface area (Å²) in [5.41, 5.74) is 6.23. The van der Waals surface area contributed by atoms with Crippen molar-refractivity contribution in [2.24, 2.45) is 4.99 Å². The van der Waals surface area contributed by atoms with Crippen molar-refractivity contribution in [3.05, 3.63) is 59.7 Å². The van der Waals surface area contributed by atoms with Crippen LogP contribution in [-0.2, 0) is 20.7 Å². The number of carbonyl (C=O) groups is 2. The van der Waals surface area contributed by atoms with E-state index in [4.69, 9.17) is 4.74 Å². The normalized spacial score (nSPS) is 16.0. The molecule has 24 heavy (non-hydrogen) atoms. The number of ether oxygens (including phenoxy) is 1. The predicted octanol–water partition coefficient (Wildman–Crippen LogP) is 3.36. The number of rotatable bonds is 2. The highest BCUT2D eigenvalue weighted by Gasteiger charge is 2.19. The van der Waals surface area contributed by atoms with E-state index in [0.717, 1.165) is 17.8 Å². The van der Waals surface area contributed by atoms with Crippen molar-refractivity contribution in [2.45, 2.75) is 13.3 Å². The lowest BCUT2D eigenvalue weighted by Crippen LogP contribution is -2.05. The number of nitrogens with zero attached hydrogens (tertiary/aromatic N) is 1. The molecule has 0 saturated heterocycles. The Labute approximate surface area is 138 Å². The zero-order valence-corrected chi connectivity index (χ0v) is 13.0. The van der Waals surface area contributed by atoms with Gasteiger partial charge in [0.25, 0.3) is 0 Å². The molecule has 0 spiro atoms. The number of aliphatic imine (C=N–C) groups is 1. The lowest BCUT2D eigenvalue weighted by molar-refractivity contribution is -0.129. The molecule has 118 valence electrons. The Morgan fingerprint density at radius 3 is 2.54 bits per heavy atom. The van der Waals surface area contributed by atoms with Gasteiger partial charge in [-0.05, 0) is 52.9 Å². The highest BCUT2D eigenvalue weighted by molar-refractivity contribution is 6.08. The smallest absolute Gasteiger partial charge is 0.337 e. The topological polar surface area (TPSA) is 67.8 Å².